The summed E-state index contributed by atoms with van der Waals surface area (Å²) < 4.78 is 0. The molecule has 6 nitrogen and oxygen atoms in total. The number of pyridine rings is 1. The van der Waals surface area contributed by atoms with Crippen LogP contribution in [0.25, 0.3) is 0 Å². The topological polar surface area (TPSA) is 56.8 Å². The quantitative estimate of drug-likeness (QED) is 0.796. The molecule has 28 heavy (non-hydrogen) atoms. The van der Waals surface area contributed by atoms with Crippen LogP contribution in [0.15, 0.2) is 54.7 Å². The summed E-state index contributed by atoms with van der Waals surface area (Å²) in [7, 11) is 0. The van der Waals surface area contributed by atoms with Gasteiger partial charge in [-0.25, -0.2) is 4.98 Å². The van der Waals surface area contributed by atoms with Crippen LogP contribution in [0.3, 0.4) is 0 Å². The summed E-state index contributed by atoms with van der Waals surface area (Å²) in [6, 6.07) is 16.0. The van der Waals surface area contributed by atoms with Crippen LogP contribution in [0, 0.1) is 5.92 Å². The van der Waals surface area contributed by atoms with Crippen molar-refractivity contribution in [2.75, 3.05) is 44.2 Å². The lowest BCUT2D eigenvalue weighted by atomic mass is 10.1. The second kappa shape index (κ2) is 8.42. The van der Waals surface area contributed by atoms with E-state index in [2.05, 4.69) is 22.0 Å². The summed E-state index contributed by atoms with van der Waals surface area (Å²) in [6.45, 7) is 4.15. The van der Waals surface area contributed by atoms with E-state index in [1.807, 2.05) is 46.2 Å². The highest BCUT2D eigenvalue weighted by atomic mass is 16.2. The van der Waals surface area contributed by atoms with Gasteiger partial charge in [-0.1, -0.05) is 36.4 Å². The number of hydrogen-bond acceptors (Lipinski definition) is 4. The highest BCUT2D eigenvalue weighted by Crippen LogP contribution is 2.22. The molecule has 2 aromatic rings. The van der Waals surface area contributed by atoms with Crippen LogP contribution >= 0.6 is 0 Å². The standard InChI is InChI=1S/C22H26N4O2/c27-21-16-19(17-26(21)11-9-18-6-2-1-3-7-18)22(28)25-14-12-24(13-15-25)20-8-4-5-10-23-20/h1-8,10,19H,9,11-17H2. The summed E-state index contributed by atoms with van der Waals surface area (Å²) in [5.41, 5.74) is 1.22. The molecule has 2 fully saturated rings. The maximum absolute atomic E-state index is 12.9. The van der Waals surface area contributed by atoms with Crippen molar-refractivity contribution in [3.63, 3.8) is 0 Å². The van der Waals surface area contributed by atoms with E-state index in [1.165, 1.54) is 5.56 Å². The number of rotatable bonds is 5. The molecule has 0 saturated carbocycles. The molecule has 2 amide bonds. The Hall–Kier alpha value is -2.89. The minimum absolute atomic E-state index is 0.0985. The second-order valence-electron chi connectivity index (χ2n) is 7.48. The van der Waals surface area contributed by atoms with E-state index in [9.17, 15) is 9.59 Å². The summed E-state index contributed by atoms with van der Waals surface area (Å²) in [4.78, 5) is 35.6. The van der Waals surface area contributed by atoms with Crippen LogP contribution in [0.1, 0.15) is 12.0 Å². The highest BCUT2D eigenvalue weighted by Gasteiger charge is 2.37. The molecular weight excluding hydrogens is 352 g/mol. The largest absolute Gasteiger partial charge is 0.353 e. The van der Waals surface area contributed by atoms with Gasteiger partial charge in [0.05, 0.1) is 5.92 Å². The fraction of sp³-hybridized carbons (Fsp3) is 0.409. The van der Waals surface area contributed by atoms with E-state index < -0.39 is 0 Å². The zero-order valence-electron chi connectivity index (χ0n) is 16.0. The first-order chi connectivity index (χ1) is 13.7. The number of carbonyl (C=O) groups is 2. The minimum Gasteiger partial charge on any atom is -0.353 e. The van der Waals surface area contributed by atoms with Gasteiger partial charge in [0.15, 0.2) is 0 Å². The zero-order chi connectivity index (χ0) is 19.3. The van der Waals surface area contributed by atoms with Crippen molar-refractivity contribution < 1.29 is 9.59 Å². The first-order valence-electron chi connectivity index (χ1n) is 9.97. The lowest BCUT2D eigenvalue weighted by molar-refractivity contribution is -0.136. The van der Waals surface area contributed by atoms with E-state index in [-0.39, 0.29) is 17.7 Å². The molecule has 0 N–H and O–H groups in total. The van der Waals surface area contributed by atoms with Gasteiger partial charge in [0, 0.05) is 51.9 Å². The van der Waals surface area contributed by atoms with Crippen LogP contribution < -0.4 is 4.90 Å². The summed E-state index contributed by atoms with van der Waals surface area (Å²) in [5.74, 6) is 0.972. The molecule has 2 aliphatic heterocycles. The molecule has 0 spiro atoms. The average molecular weight is 378 g/mol. The fourth-order valence-electron chi connectivity index (χ4n) is 4.02. The Morgan fingerprint density at radius 2 is 1.75 bits per heavy atom. The number of aromatic nitrogens is 1. The van der Waals surface area contributed by atoms with E-state index in [1.54, 1.807) is 6.20 Å². The Morgan fingerprint density at radius 1 is 1.00 bits per heavy atom. The minimum atomic E-state index is -0.204. The summed E-state index contributed by atoms with van der Waals surface area (Å²) in [6.07, 6.45) is 2.96. The molecule has 0 radical (unpaired) electrons. The van der Waals surface area contributed by atoms with Gasteiger partial charge in [-0.3, -0.25) is 9.59 Å². The molecule has 2 saturated heterocycles. The Labute approximate surface area is 165 Å². The third kappa shape index (κ3) is 4.16. The van der Waals surface area contributed by atoms with Crippen LogP contribution in [-0.4, -0.2) is 65.9 Å². The predicted octanol–water partition coefficient (Wildman–Crippen LogP) is 1.82. The van der Waals surface area contributed by atoms with Crippen molar-refractivity contribution in [1.82, 2.24) is 14.8 Å². The van der Waals surface area contributed by atoms with Crippen LogP contribution in [-0.2, 0) is 16.0 Å². The van der Waals surface area contributed by atoms with Gasteiger partial charge in [0.1, 0.15) is 5.82 Å². The number of amides is 2. The number of likely N-dealkylation sites (tertiary alicyclic amines) is 1. The number of nitrogens with zero attached hydrogens (tertiary/aromatic N) is 4. The number of carbonyl (C=O) groups excluding carboxylic acids is 2. The first-order valence-corrected chi connectivity index (χ1v) is 9.97. The maximum Gasteiger partial charge on any atom is 0.228 e. The summed E-state index contributed by atoms with van der Waals surface area (Å²) >= 11 is 0. The SMILES string of the molecule is O=C1CC(C(=O)N2CCN(c3ccccn3)CC2)CN1CCc1ccccc1. The van der Waals surface area contributed by atoms with E-state index >= 15 is 0 Å². The molecule has 0 bridgehead atoms. The molecule has 2 aliphatic rings. The van der Waals surface area contributed by atoms with E-state index in [0.29, 0.717) is 32.6 Å². The van der Waals surface area contributed by atoms with Gasteiger partial charge in [-0.15, -0.1) is 0 Å². The molecule has 1 aromatic heterocycles. The van der Waals surface area contributed by atoms with Gasteiger partial charge < -0.3 is 14.7 Å². The average Bonchev–Trinajstić information content (AvgIpc) is 3.14. The molecule has 1 unspecified atom stereocenters. The Balaban J connectivity index is 1.28. The van der Waals surface area contributed by atoms with Crippen LogP contribution in [0.2, 0.25) is 0 Å². The predicted molar refractivity (Wildman–Crippen MR) is 108 cm³/mol. The molecule has 4 rings (SSSR count). The monoisotopic (exact) mass is 378 g/mol. The molecule has 1 atom stereocenters. The van der Waals surface area contributed by atoms with Crippen LogP contribution in [0.5, 0.6) is 0 Å². The fourth-order valence-corrected chi connectivity index (χ4v) is 4.02. The van der Waals surface area contributed by atoms with Crippen molar-refractivity contribution >= 4 is 17.6 Å². The van der Waals surface area contributed by atoms with Gasteiger partial charge in [-0.05, 0) is 24.1 Å². The molecule has 6 heteroatoms. The summed E-state index contributed by atoms with van der Waals surface area (Å²) in [5, 5.41) is 0. The zero-order valence-corrected chi connectivity index (χ0v) is 16.0. The Bertz CT molecular complexity index is 804. The lowest BCUT2D eigenvalue weighted by Gasteiger charge is -2.36. The second-order valence-corrected chi connectivity index (χ2v) is 7.48. The number of anilines is 1. The van der Waals surface area contributed by atoms with Crippen molar-refractivity contribution in [2.24, 2.45) is 5.92 Å². The molecule has 146 valence electrons. The van der Waals surface area contributed by atoms with Crippen LogP contribution in [0.4, 0.5) is 5.82 Å². The first kappa shape index (κ1) is 18.5. The number of benzene rings is 1. The molecule has 0 aliphatic carbocycles. The van der Waals surface area contributed by atoms with Crippen molar-refractivity contribution in [1.29, 1.82) is 0 Å². The highest BCUT2D eigenvalue weighted by molar-refractivity contribution is 5.89. The number of hydrogen-bond donors (Lipinski definition) is 0. The molecular formula is C22H26N4O2. The number of piperazine rings is 1. The molecule has 3 heterocycles. The van der Waals surface area contributed by atoms with Gasteiger partial charge in [-0.2, -0.15) is 0 Å². The van der Waals surface area contributed by atoms with Gasteiger partial charge in [0.2, 0.25) is 11.8 Å². The van der Waals surface area contributed by atoms with Gasteiger partial charge >= 0.3 is 0 Å². The smallest absolute Gasteiger partial charge is 0.228 e. The van der Waals surface area contributed by atoms with Crippen molar-refractivity contribution in [3.8, 4) is 0 Å². The third-order valence-electron chi connectivity index (χ3n) is 5.64. The van der Waals surface area contributed by atoms with E-state index in [0.717, 1.165) is 25.3 Å². The normalized spacial score (nSPS) is 19.9. The van der Waals surface area contributed by atoms with E-state index in [4.69, 9.17) is 0 Å². The Kier molecular flexibility index (Phi) is 5.55. The lowest BCUT2D eigenvalue weighted by Crippen LogP contribution is -2.51. The van der Waals surface area contributed by atoms with Crippen molar-refractivity contribution in [2.45, 2.75) is 12.8 Å². The van der Waals surface area contributed by atoms with Crippen molar-refractivity contribution in [3.05, 3.63) is 60.3 Å². The Morgan fingerprint density at radius 3 is 2.46 bits per heavy atom. The third-order valence-corrected chi connectivity index (χ3v) is 5.64. The maximum atomic E-state index is 12.9. The molecule has 1 aromatic carbocycles. The van der Waals surface area contributed by atoms with Gasteiger partial charge in [0.25, 0.3) is 0 Å².